The van der Waals surface area contributed by atoms with Crippen LogP contribution in [0.5, 0.6) is 0 Å². The van der Waals surface area contributed by atoms with E-state index in [1.807, 2.05) is 20.8 Å². The van der Waals surface area contributed by atoms with Gasteiger partial charge >= 0.3 is 6.18 Å². The van der Waals surface area contributed by atoms with E-state index in [4.69, 9.17) is 4.74 Å². The zero-order valence-electron chi connectivity index (χ0n) is 16.5. The van der Waals surface area contributed by atoms with Crippen LogP contribution in [-0.2, 0) is 21.1 Å². The lowest BCUT2D eigenvalue weighted by atomic mass is 9.91. The number of rotatable bonds is 3. The highest BCUT2D eigenvalue weighted by Gasteiger charge is 2.37. The lowest BCUT2D eigenvalue weighted by molar-refractivity contribution is -0.142. The number of amides is 1. The second kappa shape index (κ2) is 7.35. The van der Waals surface area contributed by atoms with Crippen LogP contribution in [0.3, 0.4) is 0 Å². The van der Waals surface area contributed by atoms with Gasteiger partial charge in [-0.25, -0.2) is 9.50 Å². The van der Waals surface area contributed by atoms with Gasteiger partial charge in [0, 0.05) is 37.6 Å². The predicted molar refractivity (Wildman–Crippen MR) is 97.1 cm³/mol. The predicted octanol–water partition coefficient (Wildman–Crippen LogP) is 3.40. The molecule has 0 bridgehead atoms. The van der Waals surface area contributed by atoms with E-state index in [2.05, 4.69) is 10.1 Å². The van der Waals surface area contributed by atoms with Crippen molar-refractivity contribution in [2.24, 2.45) is 0 Å². The van der Waals surface area contributed by atoms with Gasteiger partial charge in [-0.05, 0) is 18.9 Å². The Kier molecular flexibility index (Phi) is 5.40. The molecule has 2 aromatic heterocycles. The Morgan fingerprint density at radius 2 is 1.86 bits per heavy atom. The van der Waals surface area contributed by atoms with Crippen LogP contribution in [0.25, 0.3) is 5.65 Å². The number of fused-ring (bicyclic) bond motifs is 1. The Labute approximate surface area is 161 Å². The number of nitrogens with zero attached hydrogens (tertiary/aromatic N) is 4. The fourth-order valence-corrected chi connectivity index (χ4v) is 3.42. The third-order valence-electron chi connectivity index (χ3n) is 5.04. The number of ether oxygens (including phenoxy) is 1. The van der Waals surface area contributed by atoms with Crippen molar-refractivity contribution in [3.05, 3.63) is 29.2 Å². The Morgan fingerprint density at radius 1 is 1.21 bits per heavy atom. The molecule has 3 heterocycles. The van der Waals surface area contributed by atoms with Crippen LogP contribution >= 0.6 is 0 Å². The smallest absolute Gasteiger partial charge is 0.375 e. The number of piperidine rings is 1. The second-order valence-electron chi connectivity index (χ2n) is 8.20. The Morgan fingerprint density at radius 3 is 2.39 bits per heavy atom. The molecule has 0 aromatic carbocycles. The van der Waals surface area contributed by atoms with E-state index in [1.165, 1.54) is 7.11 Å². The summed E-state index contributed by atoms with van der Waals surface area (Å²) in [5.41, 5.74) is -0.171. The molecule has 0 unspecified atom stereocenters. The number of hydrogen-bond acceptors (Lipinski definition) is 4. The summed E-state index contributed by atoms with van der Waals surface area (Å²) in [6.07, 6.45) is -3.24. The van der Waals surface area contributed by atoms with Crippen molar-refractivity contribution in [2.75, 3.05) is 26.8 Å². The van der Waals surface area contributed by atoms with E-state index in [1.54, 1.807) is 11.0 Å². The number of methoxy groups -OCH3 is 1. The standard InChI is InChI=1S/C19H25F3N4O2/c1-18(2,3)14-10-15(19(20,21)22)26-16(23-14)9-13(24-26)12-5-7-25(8-6-12)17(27)11-28-4/h9-10,12H,5-8,11H2,1-4H3. The number of carbonyl (C=O) groups excluding carboxylic acids is 1. The first kappa shape index (κ1) is 20.6. The van der Waals surface area contributed by atoms with Gasteiger partial charge in [0.15, 0.2) is 5.65 Å². The van der Waals surface area contributed by atoms with Crippen LogP contribution in [0.1, 0.15) is 56.6 Å². The van der Waals surface area contributed by atoms with Crippen LogP contribution in [0.2, 0.25) is 0 Å². The molecule has 1 fully saturated rings. The lowest BCUT2D eigenvalue weighted by Crippen LogP contribution is -2.39. The molecule has 2 aromatic rings. The minimum atomic E-state index is -4.53. The first-order valence-electron chi connectivity index (χ1n) is 9.26. The van der Waals surface area contributed by atoms with Crippen LogP contribution in [0, 0.1) is 0 Å². The molecule has 0 radical (unpaired) electrons. The normalized spacial score (nSPS) is 16.8. The van der Waals surface area contributed by atoms with E-state index in [0.717, 1.165) is 10.6 Å². The average molecular weight is 398 g/mol. The number of aromatic nitrogens is 3. The van der Waals surface area contributed by atoms with Gasteiger partial charge in [0.25, 0.3) is 0 Å². The average Bonchev–Trinajstić information content (AvgIpc) is 3.03. The fraction of sp³-hybridized carbons (Fsp3) is 0.632. The molecule has 0 N–H and O–H groups in total. The van der Waals surface area contributed by atoms with E-state index >= 15 is 0 Å². The summed E-state index contributed by atoms with van der Waals surface area (Å²) in [5.74, 6) is -0.0840. The van der Waals surface area contributed by atoms with Crippen molar-refractivity contribution in [3.63, 3.8) is 0 Å². The molecule has 9 heteroatoms. The summed E-state index contributed by atoms with van der Waals surface area (Å²) in [6.45, 7) is 6.59. The van der Waals surface area contributed by atoms with Crippen LogP contribution in [-0.4, -0.2) is 52.2 Å². The second-order valence-corrected chi connectivity index (χ2v) is 8.20. The molecule has 1 aliphatic rings. The van der Waals surface area contributed by atoms with Crippen molar-refractivity contribution in [1.82, 2.24) is 19.5 Å². The quantitative estimate of drug-likeness (QED) is 0.795. The highest BCUT2D eigenvalue weighted by atomic mass is 19.4. The zero-order chi connectivity index (χ0) is 20.7. The van der Waals surface area contributed by atoms with Gasteiger partial charge in [0.05, 0.1) is 11.4 Å². The molecule has 0 atom stereocenters. The third-order valence-corrected chi connectivity index (χ3v) is 5.04. The minimum Gasteiger partial charge on any atom is -0.375 e. The van der Waals surface area contributed by atoms with Gasteiger partial charge in [-0.3, -0.25) is 4.79 Å². The largest absolute Gasteiger partial charge is 0.433 e. The van der Waals surface area contributed by atoms with E-state index in [0.29, 0.717) is 37.3 Å². The molecule has 0 saturated carbocycles. The maximum absolute atomic E-state index is 13.6. The highest BCUT2D eigenvalue weighted by Crippen LogP contribution is 2.34. The Hall–Kier alpha value is -2.16. The molecular weight excluding hydrogens is 373 g/mol. The lowest BCUT2D eigenvalue weighted by Gasteiger charge is -2.31. The summed E-state index contributed by atoms with van der Waals surface area (Å²) in [7, 11) is 1.47. The van der Waals surface area contributed by atoms with Crippen molar-refractivity contribution in [3.8, 4) is 0 Å². The molecule has 1 saturated heterocycles. The number of hydrogen-bond donors (Lipinski definition) is 0. The SMILES string of the molecule is COCC(=O)N1CCC(c2cc3nc(C(C)(C)C)cc(C(F)(F)F)n3n2)CC1. The van der Waals surface area contributed by atoms with Crippen LogP contribution in [0.15, 0.2) is 12.1 Å². The van der Waals surface area contributed by atoms with Crippen LogP contribution < -0.4 is 0 Å². The molecule has 28 heavy (non-hydrogen) atoms. The summed E-state index contributed by atoms with van der Waals surface area (Å²) in [6, 6.07) is 2.72. The Bertz CT molecular complexity index is 862. The zero-order valence-corrected chi connectivity index (χ0v) is 16.5. The number of likely N-dealkylation sites (tertiary alicyclic amines) is 1. The highest BCUT2D eigenvalue weighted by molar-refractivity contribution is 5.77. The fourth-order valence-electron chi connectivity index (χ4n) is 3.42. The van der Waals surface area contributed by atoms with Crippen molar-refractivity contribution in [2.45, 2.75) is 51.1 Å². The van der Waals surface area contributed by atoms with Gasteiger partial charge in [-0.15, -0.1) is 0 Å². The van der Waals surface area contributed by atoms with Crippen molar-refractivity contribution < 1.29 is 22.7 Å². The summed E-state index contributed by atoms with van der Waals surface area (Å²) in [4.78, 5) is 18.1. The molecule has 154 valence electrons. The summed E-state index contributed by atoms with van der Waals surface area (Å²) in [5, 5.41) is 4.24. The Balaban J connectivity index is 1.91. The van der Waals surface area contributed by atoms with E-state index in [9.17, 15) is 18.0 Å². The minimum absolute atomic E-state index is 0.00698. The summed E-state index contributed by atoms with van der Waals surface area (Å²) >= 11 is 0. The molecule has 3 rings (SSSR count). The van der Waals surface area contributed by atoms with Gasteiger partial charge in [0.2, 0.25) is 5.91 Å². The van der Waals surface area contributed by atoms with Crippen molar-refractivity contribution >= 4 is 11.6 Å². The monoisotopic (exact) mass is 398 g/mol. The molecule has 1 aliphatic heterocycles. The first-order chi connectivity index (χ1) is 13.0. The first-order valence-corrected chi connectivity index (χ1v) is 9.26. The maximum atomic E-state index is 13.6. The maximum Gasteiger partial charge on any atom is 0.433 e. The van der Waals surface area contributed by atoms with Gasteiger partial charge < -0.3 is 9.64 Å². The molecule has 1 amide bonds. The van der Waals surface area contributed by atoms with E-state index in [-0.39, 0.29) is 24.1 Å². The molecule has 0 aliphatic carbocycles. The third kappa shape index (κ3) is 4.14. The van der Waals surface area contributed by atoms with E-state index < -0.39 is 17.3 Å². The number of carbonyl (C=O) groups is 1. The summed E-state index contributed by atoms with van der Waals surface area (Å²) < 4.78 is 46.6. The topological polar surface area (TPSA) is 59.7 Å². The molecular formula is C19H25F3N4O2. The van der Waals surface area contributed by atoms with Crippen molar-refractivity contribution in [1.29, 1.82) is 0 Å². The van der Waals surface area contributed by atoms with Gasteiger partial charge in [0.1, 0.15) is 12.3 Å². The van der Waals surface area contributed by atoms with Gasteiger partial charge in [-0.2, -0.15) is 18.3 Å². The van der Waals surface area contributed by atoms with Crippen LogP contribution in [0.4, 0.5) is 13.2 Å². The van der Waals surface area contributed by atoms with Gasteiger partial charge in [-0.1, -0.05) is 20.8 Å². The molecule has 0 spiro atoms. The number of alkyl halides is 3. The molecule has 6 nitrogen and oxygen atoms in total. The number of halogens is 3.